The van der Waals surface area contributed by atoms with Crippen LogP contribution in [0.2, 0.25) is 0 Å². The molecule has 0 radical (unpaired) electrons. The van der Waals surface area contributed by atoms with Gasteiger partial charge in [-0.15, -0.1) is 0 Å². The summed E-state index contributed by atoms with van der Waals surface area (Å²) in [6.07, 6.45) is 4.01. The minimum atomic E-state index is -0.688. The van der Waals surface area contributed by atoms with Crippen LogP contribution in [0.5, 0.6) is 0 Å². The Hall–Kier alpha value is -3.74. The van der Waals surface area contributed by atoms with Gasteiger partial charge in [0.1, 0.15) is 6.04 Å². The third-order valence-corrected chi connectivity index (χ3v) is 5.26. The number of rotatable bonds is 8. The van der Waals surface area contributed by atoms with Gasteiger partial charge in [0, 0.05) is 36.3 Å². The monoisotopic (exact) mass is 418 g/mol. The molecule has 2 unspecified atom stereocenters. The van der Waals surface area contributed by atoms with E-state index in [0.717, 1.165) is 6.42 Å². The fourth-order valence-electron chi connectivity index (χ4n) is 3.15. The highest BCUT2D eigenvalue weighted by Crippen LogP contribution is 2.16. The van der Waals surface area contributed by atoms with Gasteiger partial charge in [0.05, 0.1) is 0 Å². The molecule has 2 N–H and O–H groups in total. The van der Waals surface area contributed by atoms with Crippen LogP contribution >= 0.6 is 0 Å². The first-order valence-corrected chi connectivity index (χ1v) is 10.2. The summed E-state index contributed by atoms with van der Waals surface area (Å²) in [5, 5.41) is 5.68. The molecule has 2 atom stereocenters. The molecule has 0 aliphatic heterocycles. The summed E-state index contributed by atoms with van der Waals surface area (Å²) in [6.45, 7) is 3.89. The predicted octanol–water partition coefficient (Wildman–Crippen LogP) is 3.43. The largest absolute Gasteiger partial charge is 0.340 e. The van der Waals surface area contributed by atoms with Crippen molar-refractivity contribution < 1.29 is 14.4 Å². The van der Waals surface area contributed by atoms with Crippen molar-refractivity contribution in [2.45, 2.75) is 26.3 Å². The standard InChI is InChI=1S/C24H26N4O3/c1-4-16(2)20(27-23(30)18-8-6-5-7-9-18)24(31)26-19-12-10-17(11-13-19)21(29)22-25-14-15-28(22)3/h5-16,20H,4H2,1-3H3,(H,26,31)(H,27,30). The molecular formula is C24H26N4O3. The molecule has 3 aromatic rings. The lowest BCUT2D eigenvalue weighted by Gasteiger charge is -2.23. The van der Waals surface area contributed by atoms with Gasteiger partial charge in [-0.3, -0.25) is 14.4 Å². The zero-order valence-electron chi connectivity index (χ0n) is 17.8. The first kappa shape index (κ1) is 22.0. The number of aryl methyl sites for hydroxylation is 1. The molecule has 1 aromatic heterocycles. The molecule has 31 heavy (non-hydrogen) atoms. The lowest BCUT2D eigenvalue weighted by molar-refractivity contribution is -0.119. The Bertz CT molecular complexity index is 1060. The first-order valence-electron chi connectivity index (χ1n) is 10.2. The van der Waals surface area contributed by atoms with Crippen molar-refractivity contribution in [3.8, 4) is 0 Å². The Morgan fingerprint density at radius 2 is 1.68 bits per heavy atom. The Labute approximate surface area is 181 Å². The van der Waals surface area contributed by atoms with Gasteiger partial charge in [-0.1, -0.05) is 38.5 Å². The number of anilines is 1. The maximum atomic E-state index is 12.9. The molecule has 7 nitrogen and oxygen atoms in total. The lowest BCUT2D eigenvalue weighted by Crippen LogP contribution is -2.47. The molecule has 3 rings (SSSR count). The zero-order valence-corrected chi connectivity index (χ0v) is 17.8. The van der Waals surface area contributed by atoms with E-state index < -0.39 is 6.04 Å². The van der Waals surface area contributed by atoms with Crippen LogP contribution in [-0.2, 0) is 11.8 Å². The number of hydrogen-bond acceptors (Lipinski definition) is 4. The summed E-state index contributed by atoms with van der Waals surface area (Å²) in [7, 11) is 1.76. The van der Waals surface area contributed by atoms with Crippen LogP contribution in [0.1, 0.15) is 46.8 Å². The van der Waals surface area contributed by atoms with E-state index in [9.17, 15) is 14.4 Å². The molecule has 0 spiro atoms. The normalized spacial score (nSPS) is 12.6. The quantitative estimate of drug-likeness (QED) is 0.548. The number of imidazole rings is 1. The van der Waals surface area contributed by atoms with Crippen LogP contribution in [0, 0.1) is 5.92 Å². The lowest BCUT2D eigenvalue weighted by atomic mass is 9.97. The third kappa shape index (κ3) is 5.25. The summed E-state index contributed by atoms with van der Waals surface area (Å²) < 4.78 is 1.66. The molecule has 0 fully saturated rings. The smallest absolute Gasteiger partial charge is 0.251 e. The van der Waals surface area contributed by atoms with E-state index in [1.54, 1.807) is 72.5 Å². The Balaban J connectivity index is 1.70. The highest BCUT2D eigenvalue weighted by molar-refractivity contribution is 6.07. The van der Waals surface area contributed by atoms with Gasteiger partial charge in [-0.25, -0.2) is 4.98 Å². The molecule has 0 aliphatic carbocycles. The van der Waals surface area contributed by atoms with Crippen LogP contribution in [0.3, 0.4) is 0 Å². The molecular weight excluding hydrogens is 392 g/mol. The molecule has 0 bridgehead atoms. The number of aromatic nitrogens is 2. The molecule has 160 valence electrons. The fourth-order valence-corrected chi connectivity index (χ4v) is 3.15. The first-order chi connectivity index (χ1) is 14.9. The van der Waals surface area contributed by atoms with Gasteiger partial charge < -0.3 is 15.2 Å². The molecule has 7 heteroatoms. The van der Waals surface area contributed by atoms with Gasteiger partial charge in [0.25, 0.3) is 5.91 Å². The van der Waals surface area contributed by atoms with Crippen molar-refractivity contribution in [1.82, 2.24) is 14.9 Å². The maximum absolute atomic E-state index is 12.9. The van der Waals surface area contributed by atoms with Crippen LogP contribution in [0.15, 0.2) is 67.0 Å². The topological polar surface area (TPSA) is 93.1 Å². The van der Waals surface area contributed by atoms with Crippen molar-refractivity contribution in [3.05, 3.63) is 83.9 Å². The Kier molecular flexibility index (Phi) is 6.97. The Morgan fingerprint density at radius 3 is 2.26 bits per heavy atom. The van der Waals surface area contributed by atoms with Crippen molar-refractivity contribution in [1.29, 1.82) is 0 Å². The molecule has 0 saturated heterocycles. The number of nitrogens with zero attached hydrogens (tertiary/aromatic N) is 2. The predicted molar refractivity (Wildman–Crippen MR) is 119 cm³/mol. The van der Waals surface area contributed by atoms with E-state index in [1.165, 1.54) is 0 Å². The summed E-state index contributed by atoms with van der Waals surface area (Å²) in [5.41, 5.74) is 1.52. The van der Waals surface area contributed by atoms with Gasteiger partial charge in [-0.05, 0) is 42.3 Å². The van der Waals surface area contributed by atoms with Crippen LogP contribution in [-0.4, -0.2) is 33.2 Å². The average Bonchev–Trinajstić information content (AvgIpc) is 3.23. The molecule has 1 heterocycles. The zero-order chi connectivity index (χ0) is 22.4. The number of carbonyl (C=O) groups is 3. The van der Waals surface area contributed by atoms with Gasteiger partial charge in [0.2, 0.25) is 11.7 Å². The van der Waals surface area contributed by atoms with E-state index in [1.807, 2.05) is 19.9 Å². The number of hydrogen-bond donors (Lipinski definition) is 2. The van der Waals surface area contributed by atoms with Crippen molar-refractivity contribution in [2.24, 2.45) is 13.0 Å². The van der Waals surface area contributed by atoms with E-state index in [2.05, 4.69) is 15.6 Å². The second-order valence-corrected chi connectivity index (χ2v) is 7.46. The molecule has 0 aliphatic rings. The summed E-state index contributed by atoms with van der Waals surface area (Å²) in [4.78, 5) is 42.1. The maximum Gasteiger partial charge on any atom is 0.251 e. The number of ketones is 1. The minimum Gasteiger partial charge on any atom is -0.340 e. The van der Waals surface area contributed by atoms with Crippen LogP contribution in [0.25, 0.3) is 0 Å². The van der Waals surface area contributed by atoms with Crippen LogP contribution in [0.4, 0.5) is 5.69 Å². The van der Waals surface area contributed by atoms with Crippen LogP contribution < -0.4 is 10.6 Å². The minimum absolute atomic E-state index is 0.0584. The van der Waals surface area contributed by atoms with Crippen molar-refractivity contribution >= 4 is 23.3 Å². The SMILES string of the molecule is CCC(C)C(NC(=O)c1ccccc1)C(=O)Nc1ccc(C(=O)c2nccn2C)cc1. The Morgan fingerprint density at radius 1 is 1.00 bits per heavy atom. The van der Waals surface area contributed by atoms with E-state index in [0.29, 0.717) is 22.6 Å². The highest BCUT2D eigenvalue weighted by atomic mass is 16.2. The third-order valence-electron chi connectivity index (χ3n) is 5.26. The van der Waals surface area contributed by atoms with E-state index in [4.69, 9.17) is 0 Å². The van der Waals surface area contributed by atoms with E-state index >= 15 is 0 Å². The van der Waals surface area contributed by atoms with Crippen molar-refractivity contribution in [3.63, 3.8) is 0 Å². The van der Waals surface area contributed by atoms with E-state index in [-0.39, 0.29) is 23.5 Å². The number of benzene rings is 2. The molecule has 2 amide bonds. The number of carbonyl (C=O) groups excluding carboxylic acids is 3. The fraction of sp³-hybridized carbons (Fsp3) is 0.250. The summed E-state index contributed by atoms with van der Waals surface area (Å²) in [5.74, 6) is -0.508. The summed E-state index contributed by atoms with van der Waals surface area (Å²) >= 11 is 0. The second kappa shape index (κ2) is 9.84. The average molecular weight is 418 g/mol. The summed E-state index contributed by atoms with van der Waals surface area (Å²) in [6, 6.07) is 14.7. The van der Waals surface area contributed by atoms with Gasteiger partial charge >= 0.3 is 0 Å². The highest BCUT2D eigenvalue weighted by Gasteiger charge is 2.26. The number of amides is 2. The van der Waals surface area contributed by atoms with Gasteiger partial charge in [-0.2, -0.15) is 0 Å². The molecule has 2 aromatic carbocycles. The van der Waals surface area contributed by atoms with Gasteiger partial charge in [0.15, 0.2) is 5.82 Å². The second-order valence-electron chi connectivity index (χ2n) is 7.46. The van der Waals surface area contributed by atoms with Crippen molar-refractivity contribution in [2.75, 3.05) is 5.32 Å². The molecule has 0 saturated carbocycles. The number of nitrogens with one attached hydrogen (secondary N) is 2.